The summed E-state index contributed by atoms with van der Waals surface area (Å²) in [7, 11) is 0. The molecule has 1 heterocycles. The number of benzene rings is 2. The number of nitrogens with one attached hydrogen (secondary N) is 1. The number of hydrogen-bond acceptors (Lipinski definition) is 3. The molecule has 1 aromatic heterocycles. The van der Waals surface area contributed by atoms with Gasteiger partial charge in [0, 0.05) is 22.5 Å². The minimum atomic E-state index is -0.498. The first-order chi connectivity index (χ1) is 13.0. The number of carbonyl (C=O) groups is 2. The molecule has 136 valence electrons. The van der Waals surface area contributed by atoms with Crippen molar-refractivity contribution in [3.63, 3.8) is 0 Å². The van der Waals surface area contributed by atoms with Crippen LogP contribution in [-0.4, -0.2) is 21.6 Å². The molecule has 1 aliphatic rings. The zero-order valence-corrected chi connectivity index (χ0v) is 15.0. The van der Waals surface area contributed by atoms with E-state index in [1.54, 1.807) is 24.3 Å². The van der Waals surface area contributed by atoms with Crippen LogP contribution in [0.2, 0.25) is 0 Å². The van der Waals surface area contributed by atoms with Gasteiger partial charge in [0.05, 0.1) is 5.69 Å². The maximum absolute atomic E-state index is 12.8. The molecule has 0 radical (unpaired) electrons. The van der Waals surface area contributed by atoms with E-state index in [9.17, 15) is 9.59 Å². The summed E-state index contributed by atoms with van der Waals surface area (Å²) < 4.78 is 1.88. The second-order valence-corrected chi connectivity index (χ2v) is 6.77. The van der Waals surface area contributed by atoms with Gasteiger partial charge in [-0.25, -0.2) is 4.68 Å². The maximum atomic E-state index is 12.8. The number of rotatable bonds is 4. The average Bonchev–Trinajstić information content (AvgIpc) is 3.25. The molecule has 27 heavy (non-hydrogen) atoms. The van der Waals surface area contributed by atoms with Crippen LogP contribution in [0.4, 0.5) is 5.69 Å². The number of hydrogen-bond donors (Lipinski definition) is 2. The molecule has 0 bridgehead atoms. The molecule has 2 aromatic carbocycles. The van der Waals surface area contributed by atoms with Crippen LogP contribution in [0.25, 0.3) is 5.69 Å². The van der Waals surface area contributed by atoms with Gasteiger partial charge in [-0.2, -0.15) is 5.10 Å². The highest BCUT2D eigenvalue weighted by Crippen LogP contribution is 2.28. The van der Waals surface area contributed by atoms with E-state index in [-0.39, 0.29) is 5.91 Å². The highest BCUT2D eigenvalue weighted by atomic mass is 16.2. The predicted molar refractivity (Wildman–Crippen MR) is 103 cm³/mol. The third kappa shape index (κ3) is 3.21. The molecule has 0 saturated heterocycles. The number of carbonyl (C=O) groups excluding carboxylic acids is 2. The fourth-order valence-corrected chi connectivity index (χ4v) is 3.43. The SMILES string of the molecule is Cc1ccc(-n2nc(C(=O)Nc3ccc(C(N)=O)cc3)c3c2CCC3)cc1. The Balaban J connectivity index is 1.63. The fourth-order valence-electron chi connectivity index (χ4n) is 3.43. The number of amides is 2. The van der Waals surface area contributed by atoms with Crippen molar-refractivity contribution in [1.82, 2.24) is 9.78 Å². The van der Waals surface area contributed by atoms with Crippen molar-refractivity contribution in [2.24, 2.45) is 5.73 Å². The summed E-state index contributed by atoms with van der Waals surface area (Å²) in [5.41, 5.74) is 11.0. The van der Waals surface area contributed by atoms with Gasteiger partial charge in [-0.1, -0.05) is 17.7 Å². The number of nitrogens with two attached hydrogens (primary N) is 1. The highest BCUT2D eigenvalue weighted by molar-refractivity contribution is 6.04. The second kappa shape index (κ2) is 6.72. The zero-order chi connectivity index (χ0) is 19.0. The highest BCUT2D eigenvalue weighted by Gasteiger charge is 2.27. The zero-order valence-electron chi connectivity index (χ0n) is 15.0. The normalized spacial score (nSPS) is 12.6. The van der Waals surface area contributed by atoms with Crippen LogP contribution in [-0.2, 0) is 12.8 Å². The number of primary amides is 1. The first-order valence-corrected chi connectivity index (χ1v) is 8.92. The van der Waals surface area contributed by atoms with E-state index in [4.69, 9.17) is 5.73 Å². The minimum Gasteiger partial charge on any atom is -0.366 e. The largest absolute Gasteiger partial charge is 0.366 e. The summed E-state index contributed by atoms with van der Waals surface area (Å²) in [6.45, 7) is 2.04. The lowest BCUT2D eigenvalue weighted by Crippen LogP contribution is -2.15. The van der Waals surface area contributed by atoms with Crippen LogP contribution in [0.1, 0.15) is 44.1 Å². The third-order valence-electron chi connectivity index (χ3n) is 4.85. The van der Waals surface area contributed by atoms with Gasteiger partial charge in [0.1, 0.15) is 0 Å². The molecule has 0 atom stereocenters. The second-order valence-electron chi connectivity index (χ2n) is 6.77. The summed E-state index contributed by atoms with van der Waals surface area (Å²) in [5.74, 6) is -0.742. The van der Waals surface area contributed by atoms with Gasteiger partial charge in [0.2, 0.25) is 5.91 Å². The molecule has 3 N–H and O–H groups in total. The number of aromatic nitrogens is 2. The van der Waals surface area contributed by atoms with E-state index in [0.29, 0.717) is 16.9 Å². The van der Waals surface area contributed by atoms with Crippen LogP contribution in [0.5, 0.6) is 0 Å². The van der Waals surface area contributed by atoms with Gasteiger partial charge < -0.3 is 11.1 Å². The van der Waals surface area contributed by atoms with Crippen molar-refractivity contribution in [2.75, 3.05) is 5.32 Å². The van der Waals surface area contributed by atoms with E-state index >= 15 is 0 Å². The van der Waals surface area contributed by atoms with Crippen molar-refractivity contribution in [1.29, 1.82) is 0 Å². The van der Waals surface area contributed by atoms with E-state index in [1.165, 1.54) is 5.56 Å². The van der Waals surface area contributed by atoms with Gasteiger partial charge >= 0.3 is 0 Å². The molecule has 6 nitrogen and oxygen atoms in total. The quantitative estimate of drug-likeness (QED) is 0.749. The molecule has 1 aliphatic carbocycles. The molecular weight excluding hydrogens is 340 g/mol. The van der Waals surface area contributed by atoms with Crippen molar-refractivity contribution in [3.8, 4) is 5.69 Å². The standard InChI is InChI=1S/C21H20N4O2/c1-13-5-11-16(12-6-13)25-18-4-2-3-17(18)19(24-25)21(27)23-15-9-7-14(8-10-15)20(22)26/h5-12H,2-4H2,1H3,(H2,22,26)(H,23,27). The average molecular weight is 360 g/mol. The molecule has 0 aliphatic heterocycles. The molecule has 3 aromatic rings. The van der Waals surface area contributed by atoms with Gasteiger partial charge in [-0.05, 0) is 62.6 Å². The van der Waals surface area contributed by atoms with Crippen LogP contribution < -0.4 is 11.1 Å². The number of fused-ring (bicyclic) bond motifs is 1. The number of nitrogens with zero attached hydrogens (tertiary/aromatic N) is 2. The summed E-state index contributed by atoms with van der Waals surface area (Å²) in [6.07, 6.45) is 2.79. The fraction of sp³-hybridized carbons (Fsp3) is 0.190. The van der Waals surface area contributed by atoms with Crippen molar-refractivity contribution >= 4 is 17.5 Å². The van der Waals surface area contributed by atoms with E-state index < -0.39 is 5.91 Å². The molecule has 0 saturated carbocycles. The Morgan fingerprint density at radius 1 is 1.04 bits per heavy atom. The van der Waals surface area contributed by atoms with Crippen molar-refractivity contribution < 1.29 is 9.59 Å². The maximum Gasteiger partial charge on any atom is 0.276 e. The predicted octanol–water partition coefficient (Wildman–Crippen LogP) is 3.02. The smallest absolute Gasteiger partial charge is 0.276 e. The minimum absolute atomic E-state index is 0.245. The molecule has 4 rings (SSSR count). The topological polar surface area (TPSA) is 90.0 Å². The molecule has 0 unspecified atom stereocenters. The number of aryl methyl sites for hydroxylation is 1. The summed E-state index contributed by atoms with van der Waals surface area (Å²) in [5, 5.41) is 7.47. The first kappa shape index (κ1) is 17.0. The molecule has 6 heteroatoms. The van der Waals surface area contributed by atoms with Crippen LogP contribution in [0.3, 0.4) is 0 Å². The molecule has 0 fully saturated rings. The van der Waals surface area contributed by atoms with Crippen LogP contribution >= 0.6 is 0 Å². The monoisotopic (exact) mass is 360 g/mol. The van der Waals surface area contributed by atoms with Crippen LogP contribution in [0.15, 0.2) is 48.5 Å². The van der Waals surface area contributed by atoms with Crippen molar-refractivity contribution in [2.45, 2.75) is 26.2 Å². The lowest BCUT2D eigenvalue weighted by Gasteiger charge is -2.06. The summed E-state index contributed by atoms with van der Waals surface area (Å²) in [4.78, 5) is 24.0. The summed E-state index contributed by atoms with van der Waals surface area (Å²) in [6, 6.07) is 14.6. The van der Waals surface area contributed by atoms with Crippen molar-refractivity contribution in [3.05, 3.63) is 76.6 Å². The molecule has 2 amide bonds. The van der Waals surface area contributed by atoms with Gasteiger partial charge in [-0.3, -0.25) is 9.59 Å². The van der Waals surface area contributed by atoms with Gasteiger partial charge in [0.25, 0.3) is 5.91 Å². The van der Waals surface area contributed by atoms with E-state index in [0.717, 1.165) is 36.2 Å². The van der Waals surface area contributed by atoms with E-state index in [1.807, 2.05) is 35.9 Å². The number of anilines is 1. The van der Waals surface area contributed by atoms with Gasteiger partial charge in [-0.15, -0.1) is 0 Å². The lowest BCUT2D eigenvalue weighted by atomic mass is 10.1. The molecular formula is C21H20N4O2. The van der Waals surface area contributed by atoms with Crippen LogP contribution in [0, 0.1) is 6.92 Å². The Morgan fingerprint density at radius 2 is 1.74 bits per heavy atom. The Morgan fingerprint density at radius 3 is 2.41 bits per heavy atom. The first-order valence-electron chi connectivity index (χ1n) is 8.92. The summed E-state index contributed by atoms with van der Waals surface area (Å²) >= 11 is 0. The Labute approximate surface area is 157 Å². The lowest BCUT2D eigenvalue weighted by molar-refractivity contribution is 0.0997. The molecule has 0 spiro atoms. The van der Waals surface area contributed by atoms with E-state index in [2.05, 4.69) is 10.4 Å². The Kier molecular flexibility index (Phi) is 4.24. The third-order valence-corrected chi connectivity index (χ3v) is 4.85. The Hall–Kier alpha value is -3.41. The Bertz CT molecular complexity index is 1020. The van der Waals surface area contributed by atoms with Gasteiger partial charge in [0.15, 0.2) is 5.69 Å².